The number of nitrogens with zero attached hydrogens (tertiary/aromatic N) is 1. The highest BCUT2D eigenvalue weighted by Gasteiger charge is 2.22. The van der Waals surface area contributed by atoms with Crippen LogP contribution in [0.4, 0.5) is 0 Å². The van der Waals surface area contributed by atoms with Crippen LogP contribution >= 0.6 is 11.6 Å². The predicted molar refractivity (Wildman–Crippen MR) is 106 cm³/mol. The highest BCUT2D eigenvalue weighted by atomic mass is 35.5. The first kappa shape index (κ1) is 21.4. The lowest BCUT2D eigenvalue weighted by atomic mass is 10.0. The van der Waals surface area contributed by atoms with E-state index in [1.165, 1.54) is 19.2 Å². The van der Waals surface area contributed by atoms with E-state index in [2.05, 4.69) is 10.3 Å². The average Bonchev–Trinajstić information content (AvgIpc) is 2.65. The summed E-state index contributed by atoms with van der Waals surface area (Å²) < 4.78 is 11.0. The van der Waals surface area contributed by atoms with Crippen LogP contribution in [0.15, 0.2) is 36.4 Å². The summed E-state index contributed by atoms with van der Waals surface area (Å²) in [7, 11) is 1.46. The van der Waals surface area contributed by atoms with Crippen LogP contribution in [0.25, 0.3) is 0 Å². The Balaban J connectivity index is 2.20. The molecule has 0 aliphatic carbocycles. The van der Waals surface area contributed by atoms with E-state index in [1.54, 1.807) is 45.0 Å². The topological polar surface area (TPSA) is 101 Å². The van der Waals surface area contributed by atoms with Gasteiger partial charge in [-0.15, -0.1) is 0 Å². The lowest BCUT2D eigenvalue weighted by Crippen LogP contribution is -2.28. The minimum atomic E-state index is -0.682. The normalized spacial score (nSPS) is 10.9. The van der Waals surface area contributed by atoms with E-state index >= 15 is 0 Å². The van der Waals surface area contributed by atoms with Gasteiger partial charge in [-0.25, -0.2) is 9.78 Å². The molecule has 0 spiro atoms. The van der Waals surface area contributed by atoms with Gasteiger partial charge in [-0.3, -0.25) is 10.2 Å². The van der Waals surface area contributed by atoms with E-state index in [-0.39, 0.29) is 28.9 Å². The van der Waals surface area contributed by atoms with Gasteiger partial charge in [0.05, 0.1) is 5.02 Å². The number of esters is 1. The van der Waals surface area contributed by atoms with Gasteiger partial charge in [0.2, 0.25) is 5.88 Å². The molecule has 1 aromatic heterocycles. The second-order valence-corrected chi connectivity index (χ2v) is 7.29. The van der Waals surface area contributed by atoms with Gasteiger partial charge >= 0.3 is 5.97 Å². The molecule has 28 heavy (non-hydrogen) atoms. The molecule has 0 saturated heterocycles. The highest BCUT2D eigenvalue weighted by molar-refractivity contribution is 6.44. The van der Waals surface area contributed by atoms with Gasteiger partial charge in [-0.1, -0.05) is 35.9 Å². The number of rotatable bonds is 6. The van der Waals surface area contributed by atoms with Crippen molar-refractivity contribution in [3.8, 4) is 5.88 Å². The Labute approximate surface area is 168 Å². The average molecular weight is 404 g/mol. The van der Waals surface area contributed by atoms with Crippen LogP contribution < -0.4 is 10.1 Å². The summed E-state index contributed by atoms with van der Waals surface area (Å²) >= 11 is 6.06. The van der Waals surface area contributed by atoms with Crippen LogP contribution in [0, 0.1) is 5.41 Å². The summed E-state index contributed by atoms with van der Waals surface area (Å²) in [5.41, 5.74) is 0.188. The van der Waals surface area contributed by atoms with E-state index in [0.717, 1.165) is 0 Å². The molecule has 0 bridgehead atoms. The number of hydrogen-bond acceptors (Lipinski definition) is 6. The first-order chi connectivity index (χ1) is 13.1. The van der Waals surface area contributed by atoms with E-state index < -0.39 is 17.5 Å². The summed E-state index contributed by atoms with van der Waals surface area (Å²) in [5, 5.41) is 10.6. The number of likely N-dealkylation sites (N-methyl/N-ethyl adjacent to an activating group) is 1. The van der Waals surface area contributed by atoms with Gasteiger partial charge in [0.1, 0.15) is 17.9 Å². The standard InChI is InChI=1S/C20H22ClN3O4/c1-20(2,3)28-19(26)17-14(21)9-10-15(24-17)27-11-12-7-5-6-8-13(12)16(22)18(25)23-4/h5-10,22H,11H2,1-4H3,(H,23,25). The second kappa shape index (κ2) is 8.84. The number of nitrogens with one attached hydrogen (secondary N) is 2. The molecule has 1 heterocycles. The van der Waals surface area contributed by atoms with E-state index in [4.69, 9.17) is 26.5 Å². The molecule has 2 N–H and O–H groups in total. The molecule has 0 atom stereocenters. The fraction of sp³-hybridized carbons (Fsp3) is 0.300. The Morgan fingerprint density at radius 2 is 1.86 bits per heavy atom. The quantitative estimate of drug-likeness (QED) is 0.568. The van der Waals surface area contributed by atoms with Crippen molar-refractivity contribution in [2.45, 2.75) is 33.0 Å². The highest BCUT2D eigenvalue weighted by Crippen LogP contribution is 2.22. The molecule has 1 aromatic carbocycles. The van der Waals surface area contributed by atoms with E-state index in [0.29, 0.717) is 11.1 Å². The molecule has 148 valence electrons. The fourth-order valence-corrected chi connectivity index (χ4v) is 2.45. The van der Waals surface area contributed by atoms with Crippen molar-refractivity contribution in [2.24, 2.45) is 0 Å². The van der Waals surface area contributed by atoms with Gasteiger partial charge in [-0.2, -0.15) is 0 Å². The Bertz CT molecular complexity index is 907. The molecular weight excluding hydrogens is 382 g/mol. The van der Waals surface area contributed by atoms with Crippen LogP contribution in [0.3, 0.4) is 0 Å². The third kappa shape index (κ3) is 5.53. The minimum absolute atomic E-state index is 0.0412. The maximum absolute atomic E-state index is 12.3. The smallest absolute Gasteiger partial charge is 0.359 e. The summed E-state index contributed by atoms with van der Waals surface area (Å²) in [4.78, 5) is 28.2. The Kier molecular flexibility index (Phi) is 6.75. The van der Waals surface area contributed by atoms with Gasteiger partial charge < -0.3 is 14.8 Å². The van der Waals surface area contributed by atoms with Gasteiger partial charge in [0.25, 0.3) is 5.91 Å². The Morgan fingerprint density at radius 3 is 2.50 bits per heavy atom. The predicted octanol–water partition coefficient (Wildman–Crippen LogP) is 3.38. The van der Waals surface area contributed by atoms with Crippen molar-refractivity contribution in [3.05, 3.63) is 58.2 Å². The summed E-state index contributed by atoms with van der Waals surface area (Å²) in [6.07, 6.45) is 0. The van der Waals surface area contributed by atoms with Crippen LogP contribution in [0.2, 0.25) is 5.02 Å². The summed E-state index contributed by atoms with van der Waals surface area (Å²) in [5.74, 6) is -0.972. The number of amides is 1. The van der Waals surface area contributed by atoms with Crippen molar-refractivity contribution in [1.82, 2.24) is 10.3 Å². The molecule has 0 radical (unpaired) electrons. The molecule has 8 heteroatoms. The molecular formula is C20H22ClN3O4. The molecule has 0 aliphatic rings. The largest absolute Gasteiger partial charge is 0.473 e. The van der Waals surface area contributed by atoms with Crippen LogP contribution in [0.5, 0.6) is 5.88 Å². The number of benzene rings is 1. The molecule has 7 nitrogen and oxygen atoms in total. The van der Waals surface area contributed by atoms with Crippen molar-refractivity contribution in [1.29, 1.82) is 5.41 Å². The molecule has 1 amide bonds. The zero-order valence-electron chi connectivity index (χ0n) is 16.1. The summed E-state index contributed by atoms with van der Waals surface area (Å²) in [6.45, 7) is 5.30. The van der Waals surface area contributed by atoms with E-state index in [1.807, 2.05) is 0 Å². The first-order valence-electron chi connectivity index (χ1n) is 8.54. The monoisotopic (exact) mass is 403 g/mol. The first-order valence-corrected chi connectivity index (χ1v) is 8.92. The zero-order valence-corrected chi connectivity index (χ0v) is 16.9. The van der Waals surface area contributed by atoms with Crippen molar-refractivity contribution in [3.63, 3.8) is 0 Å². The second-order valence-electron chi connectivity index (χ2n) is 6.88. The number of pyridine rings is 1. The lowest BCUT2D eigenvalue weighted by Gasteiger charge is -2.19. The third-order valence-electron chi connectivity index (χ3n) is 3.53. The molecule has 0 saturated carbocycles. The number of halogens is 1. The maximum Gasteiger partial charge on any atom is 0.359 e. The van der Waals surface area contributed by atoms with Crippen molar-refractivity contribution < 1.29 is 19.1 Å². The number of carbonyl (C=O) groups is 2. The molecule has 0 unspecified atom stereocenters. The number of aromatic nitrogens is 1. The molecule has 0 fully saturated rings. The van der Waals surface area contributed by atoms with Crippen LogP contribution in [-0.2, 0) is 16.1 Å². The van der Waals surface area contributed by atoms with E-state index in [9.17, 15) is 9.59 Å². The number of carbonyl (C=O) groups excluding carboxylic acids is 2. The number of ether oxygens (including phenoxy) is 2. The maximum atomic E-state index is 12.3. The van der Waals surface area contributed by atoms with Gasteiger partial charge in [-0.05, 0) is 32.4 Å². The third-order valence-corrected chi connectivity index (χ3v) is 3.83. The van der Waals surface area contributed by atoms with Gasteiger partial charge in [0, 0.05) is 18.7 Å². The molecule has 2 aromatic rings. The van der Waals surface area contributed by atoms with Crippen LogP contribution in [-0.4, -0.2) is 35.2 Å². The SMILES string of the molecule is CNC(=O)C(=N)c1ccccc1COc1ccc(Cl)c(C(=O)OC(C)(C)C)n1. The minimum Gasteiger partial charge on any atom is -0.473 e. The van der Waals surface area contributed by atoms with Crippen LogP contribution in [0.1, 0.15) is 42.4 Å². The lowest BCUT2D eigenvalue weighted by molar-refractivity contribution is -0.114. The summed E-state index contributed by atoms with van der Waals surface area (Å²) in [6, 6.07) is 9.96. The Hall–Kier alpha value is -2.93. The van der Waals surface area contributed by atoms with Crippen molar-refractivity contribution in [2.75, 3.05) is 7.05 Å². The Morgan fingerprint density at radius 1 is 1.18 bits per heavy atom. The fourth-order valence-electron chi connectivity index (χ4n) is 2.26. The van der Waals surface area contributed by atoms with Gasteiger partial charge in [0.15, 0.2) is 5.69 Å². The molecule has 2 rings (SSSR count). The van der Waals surface area contributed by atoms with Crippen molar-refractivity contribution >= 4 is 29.2 Å². The molecule has 0 aliphatic heterocycles. The zero-order chi connectivity index (χ0) is 20.9. The number of hydrogen-bond donors (Lipinski definition) is 2.